The molecule has 0 radical (unpaired) electrons. The summed E-state index contributed by atoms with van der Waals surface area (Å²) in [6.45, 7) is 4.22. The molecule has 0 aromatic carbocycles. The van der Waals surface area contributed by atoms with Gasteiger partial charge in [-0.15, -0.1) is 0 Å². The van der Waals surface area contributed by atoms with E-state index in [0.717, 1.165) is 0 Å². The number of aliphatic hydroxyl groups is 1. The molecule has 0 aromatic rings. The molecule has 126 valence electrons. The van der Waals surface area contributed by atoms with E-state index in [9.17, 15) is 0 Å². The van der Waals surface area contributed by atoms with E-state index in [1.807, 2.05) is 0 Å². The van der Waals surface area contributed by atoms with Crippen molar-refractivity contribution in [3.05, 3.63) is 0 Å². The Morgan fingerprint density at radius 3 is 1.24 bits per heavy atom. The SMILES string of the molecule is CCCCCCCCCCC[CH2][Na].CCO.O=S(=O)(O)O. The van der Waals surface area contributed by atoms with Gasteiger partial charge in [-0.25, -0.2) is 0 Å². The second kappa shape index (κ2) is 23.1. The van der Waals surface area contributed by atoms with Crippen molar-refractivity contribution < 1.29 is 22.6 Å². The minimum atomic E-state index is -4.67. The number of hydrogen-bond donors (Lipinski definition) is 3. The fraction of sp³-hybridized carbons (Fsp3) is 1.00. The van der Waals surface area contributed by atoms with E-state index in [1.165, 1.54) is 95.8 Å². The minimum Gasteiger partial charge on any atom is -0.397 e. The van der Waals surface area contributed by atoms with Crippen LogP contribution < -0.4 is 0 Å². The first-order chi connectivity index (χ1) is 9.83. The summed E-state index contributed by atoms with van der Waals surface area (Å²) < 4.78 is 33.1. The molecular formula is C14H33NaO5S. The van der Waals surface area contributed by atoms with Crippen LogP contribution in [0.4, 0.5) is 0 Å². The fourth-order valence-corrected chi connectivity index (χ4v) is 2.24. The van der Waals surface area contributed by atoms with Gasteiger partial charge in [0.15, 0.2) is 0 Å². The van der Waals surface area contributed by atoms with Crippen LogP contribution >= 0.6 is 0 Å². The van der Waals surface area contributed by atoms with E-state index in [1.54, 1.807) is 6.92 Å². The van der Waals surface area contributed by atoms with Crippen molar-refractivity contribution in [3.8, 4) is 0 Å². The van der Waals surface area contributed by atoms with Crippen LogP contribution in [0.15, 0.2) is 0 Å². The number of rotatable bonds is 10. The van der Waals surface area contributed by atoms with Crippen molar-refractivity contribution in [2.24, 2.45) is 0 Å². The van der Waals surface area contributed by atoms with E-state index < -0.39 is 10.4 Å². The molecule has 0 saturated heterocycles. The topological polar surface area (TPSA) is 94.8 Å². The van der Waals surface area contributed by atoms with Gasteiger partial charge in [0.05, 0.1) is 0 Å². The predicted molar refractivity (Wildman–Crippen MR) is 89.3 cm³/mol. The summed E-state index contributed by atoms with van der Waals surface area (Å²) in [4.78, 5) is 0. The molecule has 0 amide bonds. The van der Waals surface area contributed by atoms with Gasteiger partial charge >= 0.3 is 113 Å². The van der Waals surface area contributed by atoms with Crippen LogP contribution in [0.25, 0.3) is 0 Å². The molecule has 3 N–H and O–H groups in total. The maximum atomic E-state index is 8.74. The Balaban J connectivity index is -0.000000335. The molecule has 0 rings (SSSR count). The molecule has 0 bridgehead atoms. The summed E-state index contributed by atoms with van der Waals surface area (Å²) >= 11 is 1.41. The molecule has 5 nitrogen and oxygen atoms in total. The zero-order valence-electron chi connectivity index (χ0n) is 14.1. The molecule has 0 aliphatic carbocycles. The second-order valence-electron chi connectivity index (χ2n) is 4.95. The summed E-state index contributed by atoms with van der Waals surface area (Å²) in [7, 11) is -4.67. The number of aliphatic hydroxyl groups excluding tert-OH is 1. The van der Waals surface area contributed by atoms with Crippen molar-refractivity contribution in [1.29, 1.82) is 0 Å². The quantitative estimate of drug-likeness (QED) is 0.320. The Bertz CT molecular complexity index is 240. The molecule has 0 aliphatic rings. The molecule has 0 aromatic heterocycles. The third-order valence-corrected chi connectivity index (χ3v) is 3.41. The zero-order valence-corrected chi connectivity index (χ0v) is 16.9. The van der Waals surface area contributed by atoms with Crippen LogP contribution in [0, 0.1) is 0 Å². The number of hydrogen-bond acceptors (Lipinski definition) is 3. The normalized spacial score (nSPS) is 10.2. The molecule has 0 aliphatic heterocycles. The van der Waals surface area contributed by atoms with E-state index in [4.69, 9.17) is 22.6 Å². The van der Waals surface area contributed by atoms with Crippen LogP contribution in [-0.4, -0.2) is 57.2 Å². The molecule has 0 spiro atoms. The van der Waals surface area contributed by atoms with E-state index >= 15 is 0 Å². The summed E-state index contributed by atoms with van der Waals surface area (Å²) in [5.41, 5.74) is 0. The third kappa shape index (κ3) is 63.0. The maximum Gasteiger partial charge on any atom is 0.394 e. The Hall–Kier alpha value is 0.830. The van der Waals surface area contributed by atoms with Gasteiger partial charge in [-0.2, -0.15) is 8.42 Å². The van der Waals surface area contributed by atoms with E-state index in [-0.39, 0.29) is 6.61 Å². The van der Waals surface area contributed by atoms with Gasteiger partial charge in [0.25, 0.3) is 0 Å². The van der Waals surface area contributed by atoms with Crippen LogP contribution in [0.5, 0.6) is 0 Å². The maximum absolute atomic E-state index is 8.74. The molecule has 0 fully saturated rings. The van der Waals surface area contributed by atoms with Gasteiger partial charge < -0.3 is 5.11 Å². The predicted octanol–water partition coefficient (Wildman–Crippen LogP) is 3.84. The fourth-order valence-electron chi connectivity index (χ4n) is 1.74. The van der Waals surface area contributed by atoms with Gasteiger partial charge in [-0.1, -0.05) is 0 Å². The Labute approximate surface area is 148 Å². The van der Waals surface area contributed by atoms with Gasteiger partial charge in [0.1, 0.15) is 0 Å². The molecule has 21 heavy (non-hydrogen) atoms. The second-order valence-corrected chi connectivity index (χ2v) is 6.84. The molecule has 7 heteroatoms. The minimum absolute atomic E-state index is 0.250. The summed E-state index contributed by atoms with van der Waals surface area (Å²) in [5.74, 6) is 0. The van der Waals surface area contributed by atoms with Gasteiger partial charge in [0, 0.05) is 6.61 Å². The first-order valence-electron chi connectivity index (χ1n) is 8.14. The van der Waals surface area contributed by atoms with Crippen molar-refractivity contribution in [1.82, 2.24) is 0 Å². The molecule has 0 unspecified atom stereocenters. The monoisotopic (exact) mass is 336 g/mol. The van der Waals surface area contributed by atoms with Crippen molar-refractivity contribution >= 4 is 38.3 Å². The smallest absolute Gasteiger partial charge is 0.394 e. The molecule has 0 saturated carbocycles. The van der Waals surface area contributed by atoms with Crippen molar-refractivity contribution in [2.45, 2.75) is 81.7 Å². The Morgan fingerprint density at radius 2 is 1.00 bits per heavy atom. The first kappa shape index (κ1) is 26.7. The average molecular weight is 336 g/mol. The molecule has 0 heterocycles. The first-order valence-corrected chi connectivity index (χ1v) is 10.9. The van der Waals surface area contributed by atoms with Crippen molar-refractivity contribution in [3.63, 3.8) is 0 Å². The van der Waals surface area contributed by atoms with Crippen LogP contribution in [0.3, 0.4) is 0 Å². The van der Waals surface area contributed by atoms with Gasteiger partial charge in [-0.05, 0) is 6.92 Å². The third-order valence-electron chi connectivity index (χ3n) is 2.71. The van der Waals surface area contributed by atoms with Crippen molar-refractivity contribution in [2.75, 3.05) is 6.61 Å². The standard InChI is InChI=1S/C12H25.C2H6O.Na.H2O4S/c1-3-5-7-9-11-12-10-8-6-4-2;1-2-3;;1-5(2,3)4/h1,3-12H2,2H3;3H,2H2,1H3;;(H2,1,2,3,4). The molecule has 0 atom stereocenters. The summed E-state index contributed by atoms with van der Waals surface area (Å²) in [6, 6.07) is 0. The summed E-state index contributed by atoms with van der Waals surface area (Å²) in [6.07, 6.45) is 14.7. The van der Waals surface area contributed by atoms with Crippen LogP contribution in [-0.2, 0) is 10.4 Å². The average Bonchev–Trinajstić information content (AvgIpc) is 2.36. The molecular weight excluding hydrogens is 303 g/mol. The summed E-state index contributed by atoms with van der Waals surface area (Å²) in [5, 5.41) is 7.57. The Morgan fingerprint density at radius 1 is 0.762 bits per heavy atom. The van der Waals surface area contributed by atoms with Gasteiger partial charge in [0.2, 0.25) is 0 Å². The van der Waals surface area contributed by atoms with Gasteiger partial charge in [-0.3, -0.25) is 9.11 Å². The van der Waals surface area contributed by atoms with E-state index in [0.29, 0.717) is 0 Å². The Kier molecular flexibility index (Phi) is 29.4. The van der Waals surface area contributed by atoms with Crippen LogP contribution in [0.2, 0.25) is 3.67 Å². The largest absolute Gasteiger partial charge is 0.397 e. The van der Waals surface area contributed by atoms with E-state index in [2.05, 4.69) is 6.92 Å². The zero-order chi connectivity index (χ0) is 17.0. The van der Waals surface area contributed by atoms with Crippen LogP contribution in [0.1, 0.15) is 78.1 Å². The number of unbranched alkanes of at least 4 members (excludes halogenated alkanes) is 9.